The number of sulfonamides is 1. The van der Waals surface area contributed by atoms with Crippen molar-refractivity contribution in [2.75, 3.05) is 17.1 Å². The molecule has 2 N–H and O–H groups in total. The molecule has 1 aromatic heterocycles. The number of nitrogens with one attached hydrogen (secondary N) is 2. The highest BCUT2D eigenvalue weighted by Crippen LogP contribution is 2.22. The van der Waals surface area contributed by atoms with Crippen LogP contribution in [0.25, 0.3) is 0 Å². The molecule has 7 nitrogen and oxygen atoms in total. The molecule has 3 aromatic rings. The second kappa shape index (κ2) is 8.36. The number of ether oxygens (including phenoxy) is 1. The molecule has 3 rings (SSSR count). The summed E-state index contributed by atoms with van der Waals surface area (Å²) in [6.45, 7) is 0. The van der Waals surface area contributed by atoms with Crippen molar-refractivity contribution in [1.29, 1.82) is 0 Å². The lowest BCUT2D eigenvalue weighted by Gasteiger charge is -2.06. The van der Waals surface area contributed by atoms with E-state index in [1.807, 2.05) is 0 Å². The van der Waals surface area contributed by atoms with E-state index < -0.39 is 15.8 Å². The summed E-state index contributed by atoms with van der Waals surface area (Å²) in [5.41, 5.74) is 0.729. The van der Waals surface area contributed by atoms with E-state index in [0.717, 1.165) is 11.3 Å². The largest absolute Gasteiger partial charge is 0.497 e. The minimum absolute atomic E-state index is 0.0638. The number of carbonyl (C=O) groups is 1. The highest BCUT2D eigenvalue weighted by atomic mass is 32.2. The molecule has 0 saturated heterocycles. The Balaban J connectivity index is 1.63. The van der Waals surface area contributed by atoms with Crippen molar-refractivity contribution in [3.8, 4) is 5.75 Å². The van der Waals surface area contributed by atoms with Gasteiger partial charge < -0.3 is 10.1 Å². The van der Waals surface area contributed by atoms with E-state index in [4.69, 9.17) is 4.74 Å². The Morgan fingerprint density at radius 3 is 2.64 bits per heavy atom. The van der Waals surface area contributed by atoms with Gasteiger partial charge in [-0.05, 0) is 42.5 Å². The van der Waals surface area contributed by atoms with E-state index in [0.29, 0.717) is 17.1 Å². The molecule has 0 radical (unpaired) electrons. The molecule has 0 fully saturated rings. The lowest BCUT2D eigenvalue weighted by Crippen LogP contribution is -2.15. The fraction of sp³-hybridized carbons (Fsp3) is 0.111. The molecule has 0 aliphatic heterocycles. The van der Waals surface area contributed by atoms with Crippen LogP contribution in [-0.4, -0.2) is 26.4 Å². The Morgan fingerprint density at radius 2 is 1.96 bits per heavy atom. The highest BCUT2D eigenvalue weighted by Gasteiger charge is 2.17. The fourth-order valence-corrected chi connectivity index (χ4v) is 4.26. The summed E-state index contributed by atoms with van der Waals surface area (Å²) in [6.07, 6.45) is -0.0721. The predicted molar refractivity (Wildman–Crippen MR) is 105 cm³/mol. The molecule has 146 valence electrons. The van der Waals surface area contributed by atoms with Crippen LogP contribution in [0.2, 0.25) is 0 Å². The third-order valence-corrected chi connectivity index (χ3v) is 5.88. The van der Waals surface area contributed by atoms with E-state index in [9.17, 15) is 17.6 Å². The fourth-order valence-electron chi connectivity index (χ4n) is 2.30. The van der Waals surface area contributed by atoms with E-state index in [1.165, 1.54) is 37.4 Å². The molecular weight excluding hydrogens is 405 g/mol. The number of hydrogen-bond acceptors (Lipinski definition) is 6. The number of halogens is 1. The number of methoxy groups -OCH3 is 1. The molecule has 28 heavy (non-hydrogen) atoms. The first-order valence-corrected chi connectivity index (χ1v) is 10.4. The van der Waals surface area contributed by atoms with Crippen molar-refractivity contribution < 1.29 is 22.3 Å². The molecule has 1 amide bonds. The normalized spacial score (nSPS) is 11.1. The minimum Gasteiger partial charge on any atom is -0.497 e. The number of rotatable bonds is 7. The van der Waals surface area contributed by atoms with Gasteiger partial charge in [0.15, 0.2) is 5.13 Å². The van der Waals surface area contributed by atoms with Crippen LogP contribution in [0, 0.1) is 5.82 Å². The number of amides is 1. The van der Waals surface area contributed by atoms with Gasteiger partial charge in [0.1, 0.15) is 11.6 Å². The summed E-state index contributed by atoms with van der Waals surface area (Å²) < 4.78 is 45.4. The average molecular weight is 421 g/mol. The Kier molecular flexibility index (Phi) is 5.90. The van der Waals surface area contributed by atoms with Gasteiger partial charge in [0.05, 0.1) is 24.1 Å². The number of anilines is 2. The summed E-state index contributed by atoms with van der Waals surface area (Å²) in [5.74, 6) is -0.304. The first kappa shape index (κ1) is 19.8. The van der Waals surface area contributed by atoms with Crippen molar-refractivity contribution in [3.63, 3.8) is 0 Å². The van der Waals surface area contributed by atoms with Gasteiger partial charge >= 0.3 is 0 Å². The summed E-state index contributed by atoms with van der Waals surface area (Å²) >= 11 is 1.06. The number of nitrogens with zero attached hydrogens (tertiary/aromatic N) is 1. The topological polar surface area (TPSA) is 97.4 Å². The lowest BCUT2D eigenvalue weighted by molar-refractivity contribution is -0.115. The zero-order valence-corrected chi connectivity index (χ0v) is 16.3. The molecule has 1 heterocycles. The Bertz CT molecular complexity index is 1080. The Hall–Kier alpha value is -2.98. The minimum atomic E-state index is -3.81. The summed E-state index contributed by atoms with van der Waals surface area (Å²) in [7, 11) is -2.32. The number of aromatic nitrogens is 1. The van der Waals surface area contributed by atoms with Gasteiger partial charge in [0, 0.05) is 11.1 Å². The molecule has 0 saturated carbocycles. The summed E-state index contributed by atoms with van der Waals surface area (Å²) in [5, 5.41) is 4.28. The number of benzene rings is 2. The third-order valence-electron chi connectivity index (χ3n) is 3.59. The average Bonchev–Trinajstić information content (AvgIpc) is 3.07. The van der Waals surface area contributed by atoms with Gasteiger partial charge in [0.25, 0.3) is 10.0 Å². The number of hydrogen-bond donors (Lipinski definition) is 2. The van der Waals surface area contributed by atoms with Crippen molar-refractivity contribution in [2.24, 2.45) is 0 Å². The molecular formula is C18H16FN3O4S2. The van der Waals surface area contributed by atoms with Gasteiger partial charge in [-0.1, -0.05) is 6.07 Å². The van der Waals surface area contributed by atoms with Crippen LogP contribution >= 0.6 is 11.3 Å². The van der Waals surface area contributed by atoms with Crippen LogP contribution in [0.4, 0.5) is 15.2 Å². The zero-order valence-electron chi connectivity index (χ0n) is 14.7. The molecule has 0 bridgehead atoms. The van der Waals surface area contributed by atoms with Crippen molar-refractivity contribution in [1.82, 2.24) is 4.98 Å². The van der Waals surface area contributed by atoms with E-state index in [-0.39, 0.29) is 22.4 Å². The van der Waals surface area contributed by atoms with Gasteiger partial charge in [-0.3, -0.25) is 9.52 Å². The van der Waals surface area contributed by atoms with E-state index in [1.54, 1.807) is 23.6 Å². The van der Waals surface area contributed by atoms with Gasteiger partial charge in [-0.15, -0.1) is 11.3 Å². The van der Waals surface area contributed by atoms with Crippen LogP contribution in [0.1, 0.15) is 5.69 Å². The molecule has 10 heteroatoms. The summed E-state index contributed by atoms with van der Waals surface area (Å²) in [6, 6.07) is 11.4. The lowest BCUT2D eigenvalue weighted by atomic mass is 10.3. The molecule has 0 aliphatic rings. The quantitative estimate of drug-likeness (QED) is 0.610. The van der Waals surface area contributed by atoms with Crippen LogP contribution < -0.4 is 14.8 Å². The van der Waals surface area contributed by atoms with Crippen LogP contribution in [0.5, 0.6) is 5.75 Å². The monoisotopic (exact) mass is 421 g/mol. The second-order valence-corrected chi connectivity index (χ2v) is 8.20. The first-order valence-electron chi connectivity index (χ1n) is 8.02. The molecule has 2 aromatic carbocycles. The molecule has 0 atom stereocenters. The zero-order chi connectivity index (χ0) is 20.1. The standard InChI is InChI=1S/C18H16FN3O4S2/c1-26-15-5-7-16(8-6-15)28(24,25)22-18-21-14(11-27-18)10-17(23)20-13-4-2-3-12(19)9-13/h2-9,11H,10H2,1H3,(H,20,23)(H,21,22). The van der Waals surface area contributed by atoms with Crippen molar-refractivity contribution in [3.05, 3.63) is 65.4 Å². The van der Waals surface area contributed by atoms with Crippen LogP contribution in [0.3, 0.4) is 0 Å². The van der Waals surface area contributed by atoms with Gasteiger partial charge in [0.2, 0.25) is 5.91 Å². The van der Waals surface area contributed by atoms with Crippen LogP contribution in [-0.2, 0) is 21.2 Å². The Morgan fingerprint density at radius 1 is 1.21 bits per heavy atom. The van der Waals surface area contributed by atoms with Crippen molar-refractivity contribution >= 4 is 38.1 Å². The Labute approximate surface area is 165 Å². The summed E-state index contributed by atoms with van der Waals surface area (Å²) in [4.78, 5) is 16.2. The van der Waals surface area contributed by atoms with Gasteiger partial charge in [-0.2, -0.15) is 0 Å². The highest BCUT2D eigenvalue weighted by molar-refractivity contribution is 7.93. The maximum absolute atomic E-state index is 13.2. The van der Waals surface area contributed by atoms with E-state index >= 15 is 0 Å². The maximum atomic E-state index is 13.2. The first-order chi connectivity index (χ1) is 13.4. The third kappa shape index (κ3) is 5.05. The molecule has 0 spiro atoms. The molecule has 0 unspecified atom stereocenters. The van der Waals surface area contributed by atoms with E-state index in [2.05, 4.69) is 15.0 Å². The SMILES string of the molecule is COc1ccc(S(=O)(=O)Nc2nc(CC(=O)Nc3cccc(F)c3)cs2)cc1. The predicted octanol–water partition coefficient (Wildman–Crippen LogP) is 3.27. The number of thiazole rings is 1. The molecule has 0 aliphatic carbocycles. The number of carbonyl (C=O) groups excluding carboxylic acids is 1. The van der Waals surface area contributed by atoms with Crippen LogP contribution in [0.15, 0.2) is 58.8 Å². The smallest absolute Gasteiger partial charge is 0.263 e. The van der Waals surface area contributed by atoms with Gasteiger partial charge in [-0.25, -0.2) is 17.8 Å². The second-order valence-electron chi connectivity index (χ2n) is 5.66. The van der Waals surface area contributed by atoms with Crippen molar-refractivity contribution in [2.45, 2.75) is 11.3 Å². The maximum Gasteiger partial charge on any atom is 0.263 e.